The highest BCUT2D eigenvalue weighted by Gasteiger charge is 2.18. The first-order chi connectivity index (χ1) is 6.80. The van der Waals surface area contributed by atoms with Gasteiger partial charge < -0.3 is 9.84 Å². The van der Waals surface area contributed by atoms with E-state index < -0.39 is 12.2 Å². The van der Waals surface area contributed by atoms with E-state index in [1.165, 1.54) is 18.2 Å². The second-order valence-electron chi connectivity index (χ2n) is 3.58. The van der Waals surface area contributed by atoms with E-state index in [9.17, 15) is 13.9 Å². The molecule has 0 radical (unpaired) electrons. The van der Waals surface area contributed by atoms with Gasteiger partial charge in [-0.15, -0.1) is 0 Å². The molecule has 0 aromatic heterocycles. The Hall–Kier alpha value is -0.870. The van der Waals surface area contributed by atoms with E-state index in [0.717, 1.165) is 0 Å². The van der Waals surface area contributed by atoms with Gasteiger partial charge in [-0.05, 0) is 31.5 Å². The molecule has 0 bridgehead atoms. The maximum Gasteiger partial charge on any atom is 0.387 e. The highest BCUT2D eigenvalue weighted by Crippen LogP contribution is 2.30. The van der Waals surface area contributed by atoms with Gasteiger partial charge in [0.25, 0.3) is 0 Å². The Morgan fingerprint density at radius 1 is 1.40 bits per heavy atom. The molecule has 5 heteroatoms. The van der Waals surface area contributed by atoms with E-state index in [0.29, 0.717) is 5.56 Å². The molecule has 15 heavy (non-hydrogen) atoms. The van der Waals surface area contributed by atoms with Crippen LogP contribution in [0.5, 0.6) is 5.75 Å². The van der Waals surface area contributed by atoms with Crippen LogP contribution in [0.1, 0.15) is 19.4 Å². The molecule has 0 aliphatic carbocycles. The molecule has 0 aliphatic heterocycles. The van der Waals surface area contributed by atoms with Crippen molar-refractivity contribution in [3.05, 3.63) is 28.8 Å². The molecular formula is C10H11ClF2O2. The Balaban J connectivity index is 2.98. The summed E-state index contributed by atoms with van der Waals surface area (Å²) in [7, 11) is 0. The SMILES string of the molecule is CC(C)(O)c1ccc(OC(F)F)c(Cl)c1. The van der Waals surface area contributed by atoms with Gasteiger partial charge in [-0.25, -0.2) is 0 Å². The van der Waals surface area contributed by atoms with E-state index in [1.807, 2.05) is 0 Å². The topological polar surface area (TPSA) is 29.5 Å². The number of halogens is 3. The van der Waals surface area contributed by atoms with Crippen molar-refractivity contribution in [3.63, 3.8) is 0 Å². The third-order valence-corrected chi connectivity index (χ3v) is 2.15. The number of aliphatic hydroxyl groups is 1. The number of hydrogen-bond donors (Lipinski definition) is 1. The second kappa shape index (κ2) is 4.33. The lowest BCUT2D eigenvalue weighted by molar-refractivity contribution is -0.0498. The van der Waals surface area contributed by atoms with Gasteiger partial charge >= 0.3 is 6.61 Å². The van der Waals surface area contributed by atoms with Crippen molar-refractivity contribution in [2.45, 2.75) is 26.1 Å². The first kappa shape index (κ1) is 12.2. The summed E-state index contributed by atoms with van der Waals surface area (Å²) >= 11 is 5.71. The highest BCUT2D eigenvalue weighted by molar-refractivity contribution is 6.32. The van der Waals surface area contributed by atoms with Gasteiger partial charge in [0.05, 0.1) is 10.6 Å². The second-order valence-corrected chi connectivity index (χ2v) is 3.99. The minimum Gasteiger partial charge on any atom is -0.433 e. The van der Waals surface area contributed by atoms with Crippen LogP contribution < -0.4 is 4.74 Å². The molecule has 0 heterocycles. The highest BCUT2D eigenvalue weighted by atomic mass is 35.5. The molecule has 0 amide bonds. The predicted molar refractivity (Wildman–Crippen MR) is 53.3 cm³/mol. The maximum absolute atomic E-state index is 11.9. The van der Waals surface area contributed by atoms with Crippen molar-refractivity contribution in [3.8, 4) is 5.75 Å². The molecule has 0 atom stereocenters. The molecule has 0 fully saturated rings. The van der Waals surface area contributed by atoms with Gasteiger partial charge in [0.2, 0.25) is 0 Å². The average molecular weight is 237 g/mol. The normalized spacial score (nSPS) is 11.9. The maximum atomic E-state index is 11.9. The van der Waals surface area contributed by atoms with Crippen molar-refractivity contribution < 1.29 is 18.6 Å². The number of rotatable bonds is 3. The van der Waals surface area contributed by atoms with Crippen LogP contribution in [0.2, 0.25) is 5.02 Å². The standard InChI is InChI=1S/C10H11ClF2O2/c1-10(2,14)6-3-4-8(7(11)5-6)15-9(12)13/h3-5,9,14H,1-2H3. The van der Waals surface area contributed by atoms with Crippen LogP contribution >= 0.6 is 11.6 Å². The number of ether oxygens (including phenoxy) is 1. The van der Waals surface area contributed by atoms with Crippen molar-refractivity contribution in [1.29, 1.82) is 0 Å². The molecule has 0 unspecified atom stereocenters. The lowest BCUT2D eigenvalue weighted by Gasteiger charge is -2.18. The molecule has 1 aromatic rings. The Morgan fingerprint density at radius 2 is 2.00 bits per heavy atom. The van der Waals surface area contributed by atoms with Crippen LogP contribution in [0.25, 0.3) is 0 Å². The first-order valence-corrected chi connectivity index (χ1v) is 4.65. The van der Waals surface area contributed by atoms with E-state index in [1.54, 1.807) is 13.8 Å². The fourth-order valence-corrected chi connectivity index (χ4v) is 1.30. The molecule has 84 valence electrons. The zero-order valence-corrected chi connectivity index (χ0v) is 9.05. The summed E-state index contributed by atoms with van der Waals surface area (Å²) in [6.45, 7) is 0.244. The van der Waals surface area contributed by atoms with E-state index >= 15 is 0 Å². The molecule has 2 nitrogen and oxygen atoms in total. The van der Waals surface area contributed by atoms with E-state index in [4.69, 9.17) is 11.6 Å². The van der Waals surface area contributed by atoms with Crippen LogP contribution in [0.15, 0.2) is 18.2 Å². The quantitative estimate of drug-likeness (QED) is 0.874. The van der Waals surface area contributed by atoms with Crippen LogP contribution in [0.3, 0.4) is 0 Å². The third kappa shape index (κ3) is 3.32. The molecular weight excluding hydrogens is 226 g/mol. The van der Waals surface area contributed by atoms with E-state index in [2.05, 4.69) is 4.74 Å². The van der Waals surface area contributed by atoms with Crippen LogP contribution in [-0.2, 0) is 5.60 Å². The molecule has 1 aromatic carbocycles. The number of alkyl halides is 2. The van der Waals surface area contributed by atoms with Crippen molar-refractivity contribution in [2.24, 2.45) is 0 Å². The summed E-state index contributed by atoms with van der Waals surface area (Å²) < 4.78 is 28.0. The summed E-state index contributed by atoms with van der Waals surface area (Å²) in [6.07, 6.45) is 0. The molecule has 1 N–H and O–H groups in total. The Kier molecular flexibility index (Phi) is 3.52. The minimum absolute atomic E-state index is 0.0509. The summed E-state index contributed by atoms with van der Waals surface area (Å²) in [5, 5.41) is 9.69. The zero-order valence-electron chi connectivity index (χ0n) is 8.30. The summed E-state index contributed by atoms with van der Waals surface area (Å²) in [5.74, 6) is -0.0975. The van der Waals surface area contributed by atoms with Gasteiger partial charge in [0.1, 0.15) is 5.75 Å². The van der Waals surface area contributed by atoms with Crippen LogP contribution in [0, 0.1) is 0 Å². The van der Waals surface area contributed by atoms with Crippen LogP contribution in [-0.4, -0.2) is 11.7 Å². The molecule has 0 spiro atoms. The summed E-state index contributed by atoms with van der Waals surface area (Å²) in [4.78, 5) is 0. The van der Waals surface area contributed by atoms with E-state index in [-0.39, 0.29) is 10.8 Å². The fourth-order valence-electron chi connectivity index (χ4n) is 1.07. The lowest BCUT2D eigenvalue weighted by atomic mass is 9.98. The van der Waals surface area contributed by atoms with Gasteiger partial charge in [-0.3, -0.25) is 0 Å². The van der Waals surface area contributed by atoms with Crippen molar-refractivity contribution in [2.75, 3.05) is 0 Å². The minimum atomic E-state index is -2.91. The zero-order chi connectivity index (χ0) is 11.6. The summed E-state index contributed by atoms with van der Waals surface area (Å²) in [6, 6.07) is 4.20. The van der Waals surface area contributed by atoms with Gasteiger partial charge in [0, 0.05) is 0 Å². The molecule has 0 aliphatic rings. The van der Waals surface area contributed by atoms with Crippen LogP contribution in [0.4, 0.5) is 8.78 Å². The van der Waals surface area contributed by atoms with Gasteiger partial charge in [0.15, 0.2) is 0 Å². The largest absolute Gasteiger partial charge is 0.433 e. The van der Waals surface area contributed by atoms with Gasteiger partial charge in [-0.2, -0.15) is 8.78 Å². The third-order valence-electron chi connectivity index (χ3n) is 1.85. The average Bonchev–Trinajstić information content (AvgIpc) is 2.05. The Morgan fingerprint density at radius 3 is 2.40 bits per heavy atom. The smallest absolute Gasteiger partial charge is 0.387 e. The monoisotopic (exact) mass is 236 g/mol. The Labute approximate surface area is 91.4 Å². The summed E-state index contributed by atoms with van der Waals surface area (Å²) in [5.41, 5.74) is -0.526. The van der Waals surface area contributed by atoms with Gasteiger partial charge in [-0.1, -0.05) is 17.7 Å². The molecule has 0 saturated carbocycles. The molecule has 1 rings (SSSR count). The number of hydrogen-bond acceptors (Lipinski definition) is 2. The predicted octanol–water partition coefficient (Wildman–Crippen LogP) is 3.17. The van der Waals surface area contributed by atoms with Crippen molar-refractivity contribution in [1.82, 2.24) is 0 Å². The fraction of sp³-hybridized carbons (Fsp3) is 0.400. The number of benzene rings is 1. The van der Waals surface area contributed by atoms with Crippen molar-refractivity contribution >= 4 is 11.6 Å². The molecule has 0 saturated heterocycles. The lowest BCUT2D eigenvalue weighted by Crippen LogP contribution is -2.15. The first-order valence-electron chi connectivity index (χ1n) is 4.28. The Bertz CT molecular complexity index is 348.